The van der Waals surface area contributed by atoms with Crippen molar-refractivity contribution >= 4 is 12.0 Å². The third kappa shape index (κ3) is 3.35. The molecule has 1 aromatic heterocycles. The molecule has 0 spiro atoms. The number of aryl methyl sites for hydroxylation is 1. The van der Waals surface area contributed by atoms with E-state index in [4.69, 9.17) is 0 Å². The van der Waals surface area contributed by atoms with Gasteiger partial charge in [0.15, 0.2) is 0 Å². The second kappa shape index (κ2) is 5.11. The molecule has 0 amide bonds. The zero-order valence-corrected chi connectivity index (χ0v) is 8.23. The van der Waals surface area contributed by atoms with Gasteiger partial charge in [0.25, 0.3) is 0 Å². The van der Waals surface area contributed by atoms with Crippen LogP contribution in [-0.4, -0.2) is 23.3 Å². The summed E-state index contributed by atoms with van der Waals surface area (Å²) in [4.78, 5) is 10.7. The quantitative estimate of drug-likeness (QED) is 0.678. The molecule has 0 aliphatic carbocycles. The third-order valence-electron chi connectivity index (χ3n) is 1.62. The van der Waals surface area contributed by atoms with E-state index in [0.717, 1.165) is 11.4 Å². The second-order valence-corrected chi connectivity index (χ2v) is 2.78. The van der Waals surface area contributed by atoms with Crippen LogP contribution in [0.2, 0.25) is 0 Å². The minimum absolute atomic E-state index is 0.256. The van der Waals surface area contributed by atoms with E-state index in [2.05, 4.69) is 14.9 Å². The molecule has 0 saturated carbocycles. The van der Waals surface area contributed by atoms with Crippen molar-refractivity contribution in [1.29, 1.82) is 0 Å². The molecule has 0 saturated heterocycles. The standard InChI is InChI=1S/C10H12N2O2/c1-8-6-7-9(12-11-8)4-3-5-10(13)14-2/h3-4,6-7H,5H2,1-2H3. The highest BCUT2D eigenvalue weighted by molar-refractivity contribution is 5.72. The van der Waals surface area contributed by atoms with Crippen LogP contribution in [0, 0.1) is 6.92 Å². The first-order chi connectivity index (χ1) is 6.72. The number of esters is 1. The predicted octanol–water partition coefficient (Wildman–Crippen LogP) is 1.36. The molecule has 4 heteroatoms. The lowest BCUT2D eigenvalue weighted by Gasteiger charge is -1.93. The molecular weight excluding hydrogens is 180 g/mol. The van der Waals surface area contributed by atoms with Gasteiger partial charge in [-0.05, 0) is 25.1 Å². The van der Waals surface area contributed by atoms with Crippen molar-refractivity contribution in [1.82, 2.24) is 10.2 Å². The minimum atomic E-state index is -0.263. The Morgan fingerprint density at radius 3 is 2.86 bits per heavy atom. The highest BCUT2D eigenvalue weighted by Crippen LogP contribution is 1.99. The average molecular weight is 192 g/mol. The topological polar surface area (TPSA) is 52.1 Å². The summed E-state index contributed by atoms with van der Waals surface area (Å²) in [5.41, 5.74) is 1.61. The lowest BCUT2D eigenvalue weighted by atomic mass is 10.3. The molecule has 0 bridgehead atoms. The maximum Gasteiger partial charge on any atom is 0.309 e. The molecule has 0 fully saturated rings. The fourth-order valence-corrected chi connectivity index (χ4v) is 0.857. The first-order valence-electron chi connectivity index (χ1n) is 4.26. The molecular formula is C10H12N2O2. The Bertz CT molecular complexity index is 330. The lowest BCUT2D eigenvalue weighted by Crippen LogP contribution is -1.96. The third-order valence-corrected chi connectivity index (χ3v) is 1.62. The van der Waals surface area contributed by atoms with Crippen LogP contribution in [0.3, 0.4) is 0 Å². The van der Waals surface area contributed by atoms with Crippen molar-refractivity contribution in [3.63, 3.8) is 0 Å². The molecule has 0 aromatic carbocycles. The number of ether oxygens (including phenoxy) is 1. The summed E-state index contributed by atoms with van der Waals surface area (Å²) in [6.07, 6.45) is 3.70. The van der Waals surface area contributed by atoms with E-state index in [9.17, 15) is 4.79 Å². The number of carbonyl (C=O) groups excluding carboxylic acids is 1. The van der Waals surface area contributed by atoms with Crippen molar-refractivity contribution in [3.05, 3.63) is 29.6 Å². The van der Waals surface area contributed by atoms with Crippen molar-refractivity contribution in [2.24, 2.45) is 0 Å². The molecule has 1 aromatic rings. The Morgan fingerprint density at radius 1 is 1.50 bits per heavy atom. The average Bonchev–Trinajstić information content (AvgIpc) is 2.21. The Labute approximate surface area is 82.6 Å². The summed E-state index contributed by atoms with van der Waals surface area (Å²) in [5, 5.41) is 7.79. The van der Waals surface area contributed by atoms with Gasteiger partial charge in [0, 0.05) is 0 Å². The van der Waals surface area contributed by atoms with Crippen molar-refractivity contribution < 1.29 is 9.53 Å². The van der Waals surface area contributed by atoms with E-state index in [1.165, 1.54) is 7.11 Å². The van der Waals surface area contributed by atoms with Crippen molar-refractivity contribution in [2.75, 3.05) is 7.11 Å². The summed E-state index contributed by atoms with van der Waals surface area (Å²) in [5.74, 6) is -0.263. The summed E-state index contributed by atoms with van der Waals surface area (Å²) in [6.45, 7) is 1.87. The number of hydrogen-bond acceptors (Lipinski definition) is 4. The van der Waals surface area contributed by atoms with Crippen molar-refractivity contribution in [3.8, 4) is 0 Å². The molecule has 0 aliphatic heterocycles. The van der Waals surface area contributed by atoms with E-state index in [-0.39, 0.29) is 12.4 Å². The van der Waals surface area contributed by atoms with Gasteiger partial charge >= 0.3 is 5.97 Å². The largest absolute Gasteiger partial charge is 0.469 e. The van der Waals surface area contributed by atoms with Gasteiger partial charge in [-0.3, -0.25) is 4.79 Å². The van der Waals surface area contributed by atoms with E-state index in [0.29, 0.717) is 0 Å². The van der Waals surface area contributed by atoms with E-state index < -0.39 is 0 Å². The molecule has 0 unspecified atom stereocenters. The number of hydrogen-bond donors (Lipinski definition) is 0. The van der Waals surface area contributed by atoms with Gasteiger partial charge < -0.3 is 4.74 Å². The molecule has 0 atom stereocenters. The fourth-order valence-electron chi connectivity index (χ4n) is 0.857. The number of carbonyl (C=O) groups is 1. The first-order valence-corrected chi connectivity index (χ1v) is 4.26. The number of methoxy groups -OCH3 is 1. The Kier molecular flexibility index (Phi) is 3.79. The van der Waals surface area contributed by atoms with E-state index >= 15 is 0 Å². The van der Waals surface area contributed by atoms with Crippen LogP contribution < -0.4 is 0 Å². The van der Waals surface area contributed by atoms with Gasteiger partial charge in [-0.15, -0.1) is 0 Å². The number of rotatable bonds is 3. The summed E-state index contributed by atoms with van der Waals surface area (Å²) in [7, 11) is 1.36. The monoisotopic (exact) mass is 192 g/mol. The molecule has 4 nitrogen and oxygen atoms in total. The highest BCUT2D eigenvalue weighted by Gasteiger charge is 1.94. The molecule has 0 aliphatic rings. The smallest absolute Gasteiger partial charge is 0.309 e. The molecule has 14 heavy (non-hydrogen) atoms. The van der Waals surface area contributed by atoms with Gasteiger partial charge in [-0.25, -0.2) is 0 Å². The van der Waals surface area contributed by atoms with Crippen LogP contribution in [0.5, 0.6) is 0 Å². The molecule has 1 heterocycles. The maximum absolute atomic E-state index is 10.7. The molecule has 74 valence electrons. The normalized spacial score (nSPS) is 10.4. The van der Waals surface area contributed by atoms with Gasteiger partial charge in [0.1, 0.15) is 0 Å². The van der Waals surface area contributed by atoms with Gasteiger partial charge in [-0.1, -0.05) is 6.08 Å². The van der Waals surface area contributed by atoms with Crippen LogP contribution in [0.15, 0.2) is 18.2 Å². The Hall–Kier alpha value is -1.71. The Balaban J connectivity index is 2.52. The van der Waals surface area contributed by atoms with Gasteiger partial charge in [0.05, 0.1) is 24.9 Å². The number of aromatic nitrogens is 2. The van der Waals surface area contributed by atoms with E-state index in [1.54, 1.807) is 12.2 Å². The SMILES string of the molecule is COC(=O)CC=Cc1ccc(C)nn1. The van der Waals surface area contributed by atoms with Crippen LogP contribution in [-0.2, 0) is 9.53 Å². The molecule has 0 radical (unpaired) electrons. The highest BCUT2D eigenvalue weighted by atomic mass is 16.5. The molecule has 1 rings (SSSR count). The van der Waals surface area contributed by atoms with Gasteiger partial charge in [0.2, 0.25) is 0 Å². The first kappa shape index (κ1) is 10.4. The zero-order valence-electron chi connectivity index (χ0n) is 8.23. The minimum Gasteiger partial charge on any atom is -0.469 e. The Morgan fingerprint density at radius 2 is 2.29 bits per heavy atom. The van der Waals surface area contributed by atoms with Crippen LogP contribution >= 0.6 is 0 Å². The van der Waals surface area contributed by atoms with Crippen LogP contribution in [0.4, 0.5) is 0 Å². The lowest BCUT2D eigenvalue weighted by molar-refractivity contribution is -0.139. The summed E-state index contributed by atoms with van der Waals surface area (Å²) >= 11 is 0. The summed E-state index contributed by atoms with van der Waals surface area (Å²) in [6, 6.07) is 3.71. The molecule has 0 N–H and O–H groups in total. The van der Waals surface area contributed by atoms with Gasteiger partial charge in [-0.2, -0.15) is 10.2 Å². The zero-order chi connectivity index (χ0) is 10.4. The predicted molar refractivity (Wildman–Crippen MR) is 52.4 cm³/mol. The van der Waals surface area contributed by atoms with E-state index in [1.807, 2.05) is 19.1 Å². The number of nitrogens with zero attached hydrogens (tertiary/aromatic N) is 2. The fraction of sp³-hybridized carbons (Fsp3) is 0.300. The van der Waals surface area contributed by atoms with Crippen LogP contribution in [0.1, 0.15) is 17.8 Å². The van der Waals surface area contributed by atoms with Crippen LogP contribution in [0.25, 0.3) is 6.08 Å². The maximum atomic E-state index is 10.7. The summed E-state index contributed by atoms with van der Waals surface area (Å²) < 4.78 is 4.48. The van der Waals surface area contributed by atoms with Crippen molar-refractivity contribution in [2.45, 2.75) is 13.3 Å². The second-order valence-electron chi connectivity index (χ2n) is 2.78.